The van der Waals surface area contributed by atoms with E-state index in [2.05, 4.69) is 19.2 Å². The van der Waals surface area contributed by atoms with Gasteiger partial charge in [0.05, 0.1) is 6.54 Å². The maximum atomic E-state index is 12.3. The number of hydrogen-bond donors (Lipinski definition) is 2. The second-order valence-electron chi connectivity index (χ2n) is 6.34. The number of furan rings is 1. The first-order chi connectivity index (χ1) is 11.0. The number of nitrogens with one attached hydrogen (secondary N) is 1. The Bertz CT molecular complexity index is 549. The van der Waals surface area contributed by atoms with Gasteiger partial charge in [-0.05, 0) is 36.8 Å². The van der Waals surface area contributed by atoms with E-state index in [9.17, 15) is 9.59 Å². The molecule has 0 aliphatic carbocycles. The number of likely N-dealkylation sites (tertiary alicyclic amines) is 1. The van der Waals surface area contributed by atoms with Crippen LogP contribution in [0.4, 0.5) is 4.79 Å². The molecule has 0 spiro atoms. The number of nitrogens with two attached hydrogens (primary N) is 1. The van der Waals surface area contributed by atoms with Gasteiger partial charge in [0, 0.05) is 13.1 Å². The highest BCUT2D eigenvalue weighted by Gasteiger charge is 2.30. The van der Waals surface area contributed by atoms with Crippen LogP contribution < -0.4 is 11.1 Å². The molecule has 1 fully saturated rings. The summed E-state index contributed by atoms with van der Waals surface area (Å²) in [6.45, 7) is 6.32. The average molecular weight is 321 g/mol. The number of carbonyl (C=O) groups excluding carboxylic acids is 2. The van der Waals surface area contributed by atoms with Crippen LogP contribution in [-0.4, -0.2) is 29.9 Å². The van der Waals surface area contributed by atoms with Crippen molar-refractivity contribution in [1.29, 1.82) is 0 Å². The lowest BCUT2D eigenvalue weighted by Gasteiger charge is -2.30. The third-order valence-electron chi connectivity index (χ3n) is 5.15. The SMILES string of the molecule is CCC1(CC)CCCN(C(=O)NCc2ccc(C(N)=O)o2)CC1. The molecular weight excluding hydrogens is 294 g/mol. The highest BCUT2D eigenvalue weighted by molar-refractivity contribution is 5.89. The van der Waals surface area contributed by atoms with E-state index in [1.165, 1.54) is 25.3 Å². The third-order valence-corrected chi connectivity index (χ3v) is 5.15. The molecule has 3 amide bonds. The Hall–Kier alpha value is -1.98. The molecule has 1 saturated heterocycles. The van der Waals surface area contributed by atoms with Gasteiger partial charge in [0.1, 0.15) is 5.76 Å². The highest BCUT2D eigenvalue weighted by Crippen LogP contribution is 2.37. The van der Waals surface area contributed by atoms with Gasteiger partial charge in [-0.1, -0.05) is 26.7 Å². The van der Waals surface area contributed by atoms with Gasteiger partial charge in [0.25, 0.3) is 5.91 Å². The molecular formula is C17H27N3O3. The highest BCUT2D eigenvalue weighted by atomic mass is 16.4. The van der Waals surface area contributed by atoms with Gasteiger partial charge < -0.3 is 20.4 Å². The van der Waals surface area contributed by atoms with Crippen molar-refractivity contribution in [2.45, 2.75) is 52.5 Å². The zero-order valence-electron chi connectivity index (χ0n) is 14.1. The second-order valence-corrected chi connectivity index (χ2v) is 6.34. The fourth-order valence-electron chi connectivity index (χ4n) is 3.29. The van der Waals surface area contributed by atoms with Gasteiger partial charge in [-0.15, -0.1) is 0 Å². The lowest BCUT2D eigenvalue weighted by Crippen LogP contribution is -2.40. The monoisotopic (exact) mass is 321 g/mol. The lowest BCUT2D eigenvalue weighted by molar-refractivity contribution is 0.0972. The molecule has 0 saturated carbocycles. The molecule has 128 valence electrons. The van der Waals surface area contributed by atoms with Crippen LogP contribution in [0, 0.1) is 5.41 Å². The Labute approximate surface area is 137 Å². The lowest BCUT2D eigenvalue weighted by atomic mass is 9.76. The topological polar surface area (TPSA) is 88.6 Å². The van der Waals surface area contributed by atoms with Crippen LogP contribution in [0.15, 0.2) is 16.5 Å². The van der Waals surface area contributed by atoms with Crippen molar-refractivity contribution < 1.29 is 14.0 Å². The van der Waals surface area contributed by atoms with Gasteiger partial charge >= 0.3 is 6.03 Å². The van der Waals surface area contributed by atoms with Crippen molar-refractivity contribution in [3.05, 3.63) is 23.7 Å². The molecule has 1 aliphatic rings. The Morgan fingerprint density at radius 1 is 1.26 bits per heavy atom. The van der Waals surface area contributed by atoms with Crippen LogP contribution in [0.5, 0.6) is 0 Å². The Morgan fingerprint density at radius 2 is 2.00 bits per heavy atom. The molecule has 1 aromatic rings. The maximum absolute atomic E-state index is 12.3. The molecule has 0 bridgehead atoms. The minimum absolute atomic E-state index is 0.0787. The number of rotatable bonds is 5. The normalized spacial score (nSPS) is 17.6. The van der Waals surface area contributed by atoms with Gasteiger partial charge in [-0.25, -0.2) is 4.79 Å². The smallest absolute Gasteiger partial charge is 0.317 e. The van der Waals surface area contributed by atoms with E-state index in [0.717, 1.165) is 25.9 Å². The maximum Gasteiger partial charge on any atom is 0.317 e. The van der Waals surface area contributed by atoms with Crippen molar-refractivity contribution in [3.8, 4) is 0 Å². The number of amides is 3. The fraction of sp³-hybridized carbons (Fsp3) is 0.647. The van der Waals surface area contributed by atoms with E-state index < -0.39 is 5.91 Å². The molecule has 1 aliphatic heterocycles. The summed E-state index contributed by atoms with van der Waals surface area (Å²) in [5.74, 6) is 0.0312. The predicted molar refractivity (Wildman–Crippen MR) is 87.9 cm³/mol. The summed E-state index contributed by atoms with van der Waals surface area (Å²) >= 11 is 0. The summed E-state index contributed by atoms with van der Waals surface area (Å²) in [6.07, 6.45) is 5.62. The minimum atomic E-state index is -0.606. The van der Waals surface area contributed by atoms with Crippen LogP contribution in [-0.2, 0) is 6.54 Å². The quantitative estimate of drug-likeness (QED) is 0.874. The number of primary amides is 1. The Morgan fingerprint density at radius 3 is 2.61 bits per heavy atom. The van der Waals surface area contributed by atoms with E-state index in [1.54, 1.807) is 6.07 Å². The van der Waals surface area contributed by atoms with Gasteiger partial charge in [0.2, 0.25) is 0 Å². The van der Waals surface area contributed by atoms with Crippen LogP contribution in [0.1, 0.15) is 62.3 Å². The zero-order valence-corrected chi connectivity index (χ0v) is 14.1. The van der Waals surface area contributed by atoms with Crippen molar-refractivity contribution in [1.82, 2.24) is 10.2 Å². The zero-order chi connectivity index (χ0) is 16.9. The molecule has 23 heavy (non-hydrogen) atoms. The van der Waals surface area contributed by atoms with Crippen LogP contribution >= 0.6 is 0 Å². The van der Waals surface area contributed by atoms with Crippen LogP contribution in [0.25, 0.3) is 0 Å². The van der Waals surface area contributed by atoms with E-state index in [0.29, 0.717) is 11.2 Å². The summed E-state index contributed by atoms with van der Waals surface area (Å²) < 4.78 is 5.27. The number of carbonyl (C=O) groups is 2. The first kappa shape index (κ1) is 17.4. The standard InChI is InChI=1S/C17H27N3O3/c1-3-17(4-2)8-5-10-20(11-9-17)16(22)19-12-13-6-7-14(23-13)15(18)21/h6-7H,3-5,8-12H2,1-2H3,(H2,18,21)(H,19,22). The van der Waals surface area contributed by atoms with Crippen molar-refractivity contribution in [2.24, 2.45) is 11.1 Å². The second kappa shape index (κ2) is 7.53. The van der Waals surface area contributed by atoms with Gasteiger partial charge in [-0.2, -0.15) is 0 Å². The fourth-order valence-corrected chi connectivity index (χ4v) is 3.29. The van der Waals surface area contributed by atoms with E-state index in [4.69, 9.17) is 10.2 Å². The summed E-state index contributed by atoms with van der Waals surface area (Å²) in [5, 5.41) is 2.85. The molecule has 6 heteroatoms. The molecule has 0 aromatic carbocycles. The number of hydrogen-bond acceptors (Lipinski definition) is 3. The summed E-state index contributed by atoms with van der Waals surface area (Å²) in [5.41, 5.74) is 5.52. The number of urea groups is 1. The molecule has 3 N–H and O–H groups in total. The van der Waals surface area contributed by atoms with Crippen LogP contribution in [0.3, 0.4) is 0 Å². The summed E-state index contributed by atoms with van der Waals surface area (Å²) in [4.78, 5) is 25.2. The molecule has 6 nitrogen and oxygen atoms in total. The van der Waals surface area contributed by atoms with Crippen molar-refractivity contribution in [2.75, 3.05) is 13.1 Å². The van der Waals surface area contributed by atoms with E-state index >= 15 is 0 Å². The van der Waals surface area contributed by atoms with Crippen LogP contribution in [0.2, 0.25) is 0 Å². The van der Waals surface area contributed by atoms with Gasteiger partial charge in [0.15, 0.2) is 5.76 Å². The number of nitrogens with zero attached hydrogens (tertiary/aromatic N) is 1. The molecule has 0 unspecified atom stereocenters. The minimum Gasteiger partial charge on any atom is -0.454 e. The van der Waals surface area contributed by atoms with Crippen molar-refractivity contribution in [3.63, 3.8) is 0 Å². The molecule has 2 rings (SSSR count). The van der Waals surface area contributed by atoms with E-state index in [-0.39, 0.29) is 18.3 Å². The first-order valence-corrected chi connectivity index (χ1v) is 8.41. The van der Waals surface area contributed by atoms with Crippen molar-refractivity contribution >= 4 is 11.9 Å². The van der Waals surface area contributed by atoms with Gasteiger partial charge in [-0.3, -0.25) is 4.79 Å². The summed E-state index contributed by atoms with van der Waals surface area (Å²) in [6, 6.07) is 3.10. The average Bonchev–Trinajstić information content (AvgIpc) is 2.92. The first-order valence-electron chi connectivity index (χ1n) is 8.41. The molecule has 0 radical (unpaired) electrons. The summed E-state index contributed by atoms with van der Waals surface area (Å²) in [7, 11) is 0. The molecule has 2 heterocycles. The third kappa shape index (κ3) is 4.27. The largest absolute Gasteiger partial charge is 0.454 e. The molecule has 0 atom stereocenters. The predicted octanol–water partition coefficient (Wildman–Crippen LogP) is 2.88. The Balaban J connectivity index is 1.86. The Kier molecular flexibility index (Phi) is 5.69. The molecule has 1 aromatic heterocycles. The van der Waals surface area contributed by atoms with E-state index in [1.807, 2.05) is 4.90 Å².